The van der Waals surface area contributed by atoms with Crippen LogP contribution >= 0.6 is 15.9 Å². The number of piperidine rings is 3. The van der Waals surface area contributed by atoms with Gasteiger partial charge in [0.05, 0.1) is 27.8 Å². The number of phenols is 1. The number of halogens is 1. The Balaban J connectivity index is 0.000000289. The number of aromatic nitrogens is 5. The first-order valence-electron chi connectivity index (χ1n) is 42.0. The average Bonchev–Trinajstić information content (AvgIpc) is 1.67. The molecular weight excluding hydrogens is 1680 g/mol. The molecule has 0 unspecified atom stereocenters. The lowest BCUT2D eigenvalue weighted by Gasteiger charge is -2.33. The van der Waals surface area contributed by atoms with E-state index in [-0.39, 0.29) is 62.5 Å². The normalized spacial score (nSPS) is 13.0. The molecule has 6 heterocycles. The minimum Gasteiger partial charge on any atom is -0.508 e. The number of aryl methyl sites for hydroxylation is 4. The van der Waals surface area contributed by atoms with Crippen LogP contribution in [0.15, 0.2) is 243 Å². The number of carbonyl (C=O) groups is 4. The van der Waals surface area contributed by atoms with Crippen molar-refractivity contribution in [2.45, 2.75) is 206 Å². The summed E-state index contributed by atoms with van der Waals surface area (Å²) in [5.74, 6) is 6.19. The summed E-state index contributed by atoms with van der Waals surface area (Å²) < 4.78 is 28.4. The van der Waals surface area contributed by atoms with E-state index in [4.69, 9.17) is 50.2 Å². The average molecular weight is 1820 g/mol. The molecule has 0 bridgehead atoms. The summed E-state index contributed by atoms with van der Waals surface area (Å²) in [6, 6.07) is 77.9. The van der Waals surface area contributed by atoms with Crippen molar-refractivity contribution in [1.82, 2.24) is 40.0 Å². The number of H-pyrrole nitrogens is 2. The van der Waals surface area contributed by atoms with Gasteiger partial charge in [0.1, 0.15) is 84.1 Å². The predicted molar refractivity (Wildman–Crippen MR) is 537 cm³/mol. The van der Waals surface area contributed by atoms with Crippen LogP contribution in [0.4, 0.5) is 21.1 Å². The summed E-state index contributed by atoms with van der Waals surface area (Å²) in [4.78, 5) is 69.2. The molecule has 3 aliphatic rings. The molecule has 688 valence electrons. The lowest BCUT2D eigenvalue weighted by atomic mass is 9.89. The molecule has 20 nitrogen and oxygen atoms in total. The molecule has 0 saturated carbocycles. The molecule has 21 heteroatoms. The molecule has 3 aromatic heterocycles. The number of rotatable bonds is 17. The van der Waals surface area contributed by atoms with Gasteiger partial charge in [0.2, 0.25) is 0 Å². The summed E-state index contributed by atoms with van der Waals surface area (Å²) in [5.41, 5.74) is 32.1. The molecule has 16 rings (SSSR count). The second-order valence-electron chi connectivity index (χ2n) is 33.4. The van der Waals surface area contributed by atoms with Crippen LogP contribution in [0.1, 0.15) is 224 Å². The number of aromatic amines is 2. The Morgan fingerprint density at radius 2 is 0.760 bits per heavy atom. The molecule has 3 saturated heterocycles. The number of nitrogens with zero attached hydrogens (tertiary/aromatic N) is 5. The molecule has 0 spiro atoms. The third-order valence-electron chi connectivity index (χ3n) is 21.2. The number of alkyl halides is 1. The molecule has 2 amide bonds. The number of phenolic OH excluding ortho intramolecular Hbond substituents is 1. The molecule has 13 aromatic rings. The number of benzene rings is 10. The van der Waals surface area contributed by atoms with E-state index in [2.05, 4.69) is 209 Å². The highest BCUT2D eigenvalue weighted by molar-refractivity contribution is 9.08. The van der Waals surface area contributed by atoms with Gasteiger partial charge in [-0.1, -0.05) is 192 Å². The van der Waals surface area contributed by atoms with E-state index in [1.165, 1.54) is 69.5 Å². The van der Waals surface area contributed by atoms with Gasteiger partial charge < -0.3 is 65.3 Å². The van der Waals surface area contributed by atoms with Gasteiger partial charge in [-0.15, -0.1) is 0 Å². The Kier molecular flexibility index (Phi) is 43.1. The third-order valence-corrected chi connectivity index (χ3v) is 21.8. The Labute approximate surface area is 775 Å². The Morgan fingerprint density at radius 3 is 1.09 bits per heavy atom. The fraction of sp³-hybridized carbons (Fsp3) is 0.343. The number of amides is 2. The van der Waals surface area contributed by atoms with E-state index in [0.29, 0.717) is 86.4 Å². The number of anilines is 2. The monoisotopic (exact) mass is 1810 g/mol. The van der Waals surface area contributed by atoms with Crippen molar-refractivity contribution in [3.63, 3.8) is 0 Å². The standard InChI is InChI=1S/C31H35N3O3.C26H27N3O.C15H24N4O2.C15H14O2.C8H9Br.C7H6O2.6CH4/c1-21-5-7-22(8-6-21)20-36-26-12-9-24(10-13-26)29-32-27-14-11-25(19-28(27)33-29)23-15-17-34(18-16-23)30(35)37-31(2,3)4;1-18-2-4-19(5-3-18)17-30-23-9-6-21(7-10-23)26-28-24-11-8-22(16-25(24)29-26)20-12-14-27-15-13-20;1-15(2,3)21-14(20)19-6-4-10(5-7-19)11-8-12(16)13(17)18-9-11;1-12-2-4-14(5-3-12)11-17-15-8-6-13(10-16)7-9-15;1-7-2-4-8(6-9)5-3-7;8-5-6-1-3-7(9)4-2-6;;;;;;/h5-14,19,23H,15-18,20H2,1-4H3,(H,32,33);2-11,16,20,27H,12-15,17H2,1H3,(H,28,29);8-10H,4-7,16H2,1-3H3,(H2,17,18);2-10H,11H2,1H3;2-5H,6H2,1H3;1-5,9H;6*1H4. The summed E-state index contributed by atoms with van der Waals surface area (Å²) >= 11 is 3.38. The molecule has 10 aromatic carbocycles. The van der Waals surface area contributed by atoms with E-state index in [0.717, 1.165) is 135 Å². The number of hydrogen-bond donors (Lipinski definition) is 6. The summed E-state index contributed by atoms with van der Waals surface area (Å²) in [5, 5.41) is 13.1. The first kappa shape index (κ1) is 107. The second kappa shape index (κ2) is 52.0. The number of hydrogen-bond acceptors (Lipinski definition) is 16. The topological polar surface area (TPSA) is 275 Å². The lowest BCUT2D eigenvalue weighted by molar-refractivity contribution is 0.0194. The van der Waals surface area contributed by atoms with Crippen LogP contribution < -0.4 is 31.0 Å². The van der Waals surface area contributed by atoms with Gasteiger partial charge in [0.15, 0.2) is 0 Å². The van der Waals surface area contributed by atoms with Gasteiger partial charge in [-0.2, -0.15) is 0 Å². The molecule has 0 atom stereocenters. The van der Waals surface area contributed by atoms with Crippen molar-refractivity contribution in [2.75, 3.05) is 50.7 Å². The van der Waals surface area contributed by atoms with Crippen molar-refractivity contribution >= 4 is 74.3 Å². The van der Waals surface area contributed by atoms with Crippen LogP contribution in [0.3, 0.4) is 0 Å². The van der Waals surface area contributed by atoms with E-state index in [1.807, 2.05) is 88.9 Å². The number of ether oxygens (including phenoxy) is 5. The number of aldehydes is 2. The van der Waals surface area contributed by atoms with Gasteiger partial charge in [-0.3, -0.25) is 9.59 Å². The molecule has 3 fully saturated rings. The molecule has 8 N–H and O–H groups in total. The lowest BCUT2D eigenvalue weighted by Crippen LogP contribution is -2.41. The summed E-state index contributed by atoms with van der Waals surface area (Å²) in [7, 11) is 0. The highest BCUT2D eigenvalue weighted by Crippen LogP contribution is 2.35. The van der Waals surface area contributed by atoms with Gasteiger partial charge in [-0.25, -0.2) is 24.5 Å². The maximum atomic E-state index is 12.4. The highest BCUT2D eigenvalue weighted by Gasteiger charge is 2.30. The number of likely N-dealkylation sites (tertiary alicyclic amines) is 2. The van der Waals surface area contributed by atoms with Crippen molar-refractivity contribution in [1.29, 1.82) is 0 Å². The number of aromatic hydroxyl groups is 1. The van der Waals surface area contributed by atoms with E-state index >= 15 is 0 Å². The van der Waals surface area contributed by atoms with E-state index in [1.54, 1.807) is 47.5 Å². The van der Waals surface area contributed by atoms with Crippen molar-refractivity contribution in [2.24, 2.45) is 0 Å². The van der Waals surface area contributed by atoms with Crippen LogP contribution in [0.2, 0.25) is 0 Å². The number of imidazole rings is 2. The second-order valence-corrected chi connectivity index (χ2v) is 33.9. The Bertz CT molecular complexity index is 5500. The summed E-state index contributed by atoms with van der Waals surface area (Å²) in [6.45, 7) is 26.3. The third kappa shape index (κ3) is 33.8. The first-order valence-corrected chi connectivity index (χ1v) is 43.1. The van der Waals surface area contributed by atoms with Gasteiger partial charge in [-0.05, 0) is 305 Å². The van der Waals surface area contributed by atoms with Crippen molar-refractivity contribution in [3.8, 4) is 45.8 Å². The van der Waals surface area contributed by atoms with Gasteiger partial charge >= 0.3 is 12.2 Å². The Morgan fingerprint density at radius 1 is 0.434 bits per heavy atom. The number of fused-ring (bicyclic) bond motifs is 2. The minimum absolute atomic E-state index is 0. The zero-order chi connectivity index (χ0) is 87.4. The van der Waals surface area contributed by atoms with Crippen LogP contribution in [-0.2, 0) is 34.6 Å². The Hall–Kier alpha value is -12.6. The van der Waals surface area contributed by atoms with Crippen LogP contribution in [0, 0.1) is 27.7 Å². The number of nitrogens with one attached hydrogen (secondary N) is 3. The number of pyridine rings is 1. The van der Waals surface area contributed by atoms with Crippen molar-refractivity contribution < 1.29 is 48.0 Å². The smallest absolute Gasteiger partial charge is 0.410 e. The molecule has 3 aliphatic heterocycles. The SMILES string of the molecule is C.C.C.C.C.C.CC(C)(C)OC(=O)N1CCC(c2cnc(N)c(N)c2)CC1.Cc1ccc(CBr)cc1.Cc1ccc(COc2ccc(-c3nc4ccc(C5CCN(C(=O)OC(C)(C)C)CC5)cc4[nH]3)cc2)cc1.Cc1ccc(COc2ccc(-c3nc4ccc(C5CCNCC5)cc4[nH]3)cc2)cc1.Cc1ccc(COc2ccc(C=O)cc2)cc1.O=Cc1ccc(O)cc1. The maximum absolute atomic E-state index is 12.4. The molecule has 129 heavy (non-hydrogen) atoms. The van der Waals surface area contributed by atoms with Crippen LogP contribution in [0.5, 0.6) is 23.0 Å². The number of nitrogens with two attached hydrogens (primary N) is 2. The fourth-order valence-electron chi connectivity index (χ4n) is 14.0. The van der Waals surface area contributed by atoms with Crippen molar-refractivity contribution in [3.05, 3.63) is 315 Å². The fourth-order valence-corrected chi connectivity index (χ4v) is 14.4. The quantitative estimate of drug-likeness (QED) is 0.0365. The van der Waals surface area contributed by atoms with E-state index < -0.39 is 11.2 Å². The van der Waals surface area contributed by atoms with Crippen LogP contribution in [0.25, 0.3) is 44.8 Å². The van der Waals surface area contributed by atoms with Crippen LogP contribution in [-0.4, -0.2) is 115 Å². The molecule has 0 aliphatic carbocycles. The number of carbonyl (C=O) groups excluding carboxylic acids is 4. The van der Waals surface area contributed by atoms with E-state index in [9.17, 15) is 19.2 Å². The minimum atomic E-state index is -0.466. The highest BCUT2D eigenvalue weighted by atomic mass is 79.9. The molecule has 0 radical (unpaired) electrons. The first-order chi connectivity index (χ1) is 59.2. The van der Waals surface area contributed by atoms with Gasteiger partial charge in [0.25, 0.3) is 0 Å². The summed E-state index contributed by atoms with van der Waals surface area (Å²) in [6.07, 6.45) is 8.90. The number of nitrogen functional groups attached to an aromatic ring is 2. The largest absolute Gasteiger partial charge is 0.508 e. The molecular formula is C108H139BrN10O10. The maximum Gasteiger partial charge on any atom is 0.410 e. The zero-order valence-electron chi connectivity index (χ0n) is 72.2. The zero-order valence-corrected chi connectivity index (χ0v) is 73.8. The van der Waals surface area contributed by atoms with Gasteiger partial charge in [0, 0.05) is 60.0 Å². The predicted octanol–water partition coefficient (Wildman–Crippen LogP) is 26.5.